The van der Waals surface area contributed by atoms with E-state index in [1.807, 2.05) is 45.2 Å². The molecule has 2 aromatic rings. The van der Waals surface area contributed by atoms with E-state index in [0.717, 1.165) is 11.1 Å². The summed E-state index contributed by atoms with van der Waals surface area (Å²) < 4.78 is 13.2. The van der Waals surface area contributed by atoms with Crippen molar-refractivity contribution in [2.24, 2.45) is 5.10 Å². The van der Waals surface area contributed by atoms with E-state index < -0.39 is 0 Å². The highest BCUT2D eigenvalue weighted by atomic mass is 35.5. The van der Waals surface area contributed by atoms with Gasteiger partial charge in [0.05, 0.1) is 12.3 Å². The molecule has 0 aromatic heterocycles. The maximum atomic E-state index is 13.2. The van der Waals surface area contributed by atoms with Crippen molar-refractivity contribution in [2.45, 2.75) is 27.3 Å². The minimum atomic E-state index is -0.315. The Morgan fingerprint density at radius 2 is 1.69 bits per heavy atom. The largest absolute Gasteiger partial charge is 0.299 e. The highest BCUT2D eigenvalue weighted by Crippen LogP contribution is 2.14. The zero-order valence-electron chi connectivity index (χ0n) is 15.5. The molecular formula is C21H24ClFN2O. The van der Waals surface area contributed by atoms with Crippen molar-refractivity contribution < 1.29 is 9.18 Å². The van der Waals surface area contributed by atoms with E-state index in [-0.39, 0.29) is 5.82 Å². The van der Waals surface area contributed by atoms with Crippen molar-refractivity contribution in [2.75, 3.05) is 7.05 Å². The van der Waals surface area contributed by atoms with E-state index in [9.17, 15) is 9.18 Å². The van der Waals surface area contributed by atoms with Crippen LogP contribution in [-0.4, -0.2) is 24.1 Å². The molecule has 0 aliphatic rings. The first-order valence-electron chi connectivity index (χ1n) is 8.42. The van der Waals surface area contributed by atoms with Crippen LogP contribution in [0.15, 0.2) is 65.3 Å². The minimum Gasteiger partial charge on any atom is -0.299 e. The van der Waals surface area contributed by atoms with Gasteiger partial charge in [0.15, 0.2) is 0 Å². The number of benzene rings is 2. The third kappa shape index (κ3) is 6.81. The van der Waals surface area contributed by atoms with Crippen molar-refractivity contribution in [1.82, 2.24) is 5.01 Å². The lowest BCUT2D eigenvalue weighted by Crippen LogP contribution is -2.16. The zero-order valence-corrected chi connectivity index (χ0v) is 16.3. The number of carbonyl (C=O) groups is 1. The van der Waals surface area contributed by atoms with Gasteiger partial charge in [-0.2, -0.15) is 5.10 Å². The summed E-state index contributed by atoms with van der Waals surface area (Å²) >= 11 is 5.89. The molecule has 0 fully saturated rings. The van der Waals surface area contributed by atoms with Crippen LogP contribution in [0.1, 0.15) is 31.9 Å². The van der Waals surface area contributed by atoms with Crippen LogP contribution in [0.3, 0.4) is 0 Å². The maximum absolute atomic E-state index is 13.2. The van der Waals surface area contributed by atoms with E-state index >= 15 is 0 Å². The van der Waals surface area contributed by atoms with E-state index in [4.69, 9.17) is 11.6 Å². The van der Waals surface area contributed by atoms with Gasteiger partial charge in [-0.1, -0.05) is 37.6 Å². The molecule has 0 bridgehead atoms. The van der Waals surface area contributed by atoms with Crippen molar-refractivity contribution >= 4 is 23.6 Å². The van der Waals surface area contributed by atoms with Crippen LogP contribution in [0.4, 0.5) is 4.39 Å². The number of carbonyl (C=O) groups excluding carboxylic acids is 1. The molecule has 0 atom stereocenters. The van der Waals surface area contributed by atoms with Crippen LogP contribution in [0.25, 0.3) is 0 Å². The summed E-state index contributed by atoms with van der Waals surface area (Å²) in [5.41, 5.74) is 3.13. The van der Waals surface area contributed by atoms with Gasteiger partial charge in [-0.05, 0) is 60.5 Å². The molecule has 5 heteroatoms. The highest BCUT2D eigenvalue weighted by molar-refractivity contribution is 6.30. The Labute approximate surface area is 159 Å². The van der Waals surface area contributed by atoms with E-state index in [0.29, 0.717) is 29.1 Å². The van der Waals surface area contributed by atoms with E-state index in [1.54, 1.807) is 24.1 Å². The fourth-order valence-corrected chi connectivity index (χ4v) is 2.34. The van der Waals surface area contributed by atoms with Crippen LogP contribution in [0.5, 0.6) is 0 Å². The monoisotopic (exact) mass is 374 g/mol. The van der Waals surface area contributed by atoms with Gasteiger partial charge in [0.25, 0.3) is 0 Å². The summed E-state index contributed by atoms with van der Waals surface area (Å²) in [6.07, 6.45) is 2.16. The Morgan fingerprint density at radius 1 is 1.12 bits per heavy atom. The summed E-state index contributed by atoms with van der Waals surface area (Å²) in [4.78, 5) is 10.8. The lowest BCUT2D eigenvalue weighted by Gasteiger charge is -2.17. The van der Waals surface area contributed by atoms with Crippen molar-refractivity contribution in [3.05, 3.63) is 82.1 Å². The predicted molar refractivity (Wildman–Crippen MR) is 107 cm³/mol. The fraction of sp³-hybridized carbons (Fsp3) is 0.238. The molecule has 2 rings (SSSR count). The molecule has 0 saturated carbocycles. The molecule has 0 unspecified atom stereocenters. The van der Waals surface area contributed by atoms with Gasteiger partial charge in [-0.25, -0.2) is 4.39 Å². The predicted octanol–water partition coefficient (Wildman–Crippen LogP) is 5.49. The Hall–Kier alpha value is -2.46. The highest BCUT2D eigenvalue weighted by Gasteiger charge is 2.09. The Bertz CT molecular complexity index is 753. The molecule has 138 valence electrons. The van der Waals surface area contributed by atoms with Gasteiger partial charge in [-0.15, -0.1) is 0 Å². The van der Waals surface area contributed by atoms with Crippen LogP contribution < -0.4 is 0 Å². The SMILES string of the molecule is CC.CC(=C/C=O)/C(=N\N(C)Cc1ccc(Cl)cc1)c1ccc(F)cc1. The van der Waals surface area contributed by atoms with Crippen molar-refractivity contribution in [3.8, 4) is 0 Å². The first-order chi connectivity index (χ1) is 12.5. The molecule has 0 saturated heterocycles. The smallest absolute Gasteiger partial charge is 0.143 e. The third-order valence-corrected chi connectivity index (χ3v) is 3.66. The molecule has 0 amide bonds. The van der Waals surface area contributed by atoms with Gasteiger partial charge in [0.2, 0.25) is 0 Å². The van der Waals surface area contributed by atoms with Gasteiger partial charge in [-0.3, -0.25) is 9.80 Å². The lowest BCUT2D eigenvalue weighted by atomic mass is 10.0. The normalized spacial score (nSPS) is 11.5. The molecule has 26 heavy (non-hydrogen) atoms. The Balaban J connectivity index is 0.00000163. The number of hydrazone groups is 1. The molecule has 0 spiro atoms. The van der Waals surface area contributed by atoms with Crippen molar-refractivity contribution in [3.63, 3.8) is 0 Å². The Morgan fingerprint density at radius 3 is 2.23 bits per heavy atom. The first kappa shape index (κ1) is 21.6. The summed E-state index contributed by atoms with van der Waals surface area (Å²) in [5, 5.41) is 7.03. The molecule has 0 heterocycles. The summed E-state index contributed by atoms with van der Waals surface area (Å²) in [7, 11) is 1.84. The van der Waals surface area contributed by atoms with Crippen LogP contribution in [0, 0.1) is 5.82 Å². The second-order valence-electron chi connectivity index (χ2n) is 5.38. The fourth-order valence-electron chi connectivity index (χ4n) is 2.21. The van der Waals surface area contributed by atoms with Crippen LogP contribution in [-0.2, 0) is 11.3 Å². The summed E-state index contributed by atoms with van der Waals surface area (Å²) in [6.45, 7) is 6.38. The Kier molecular flexibility index (Phi) is 9.31. The van der Waals surface area contributed by atoms with Gasteiger partial charge < -0.3 is 0 Å². The van der Waals surface area contributed by atoms with Crippen LogP contribution in [0.2, 0.25) is 5.02 Å². The molecule has 0 N–H and O–H groups in total. The summed E-state index contributed by atoms with van der Waals surface area (Å²) in [5.74, 6) is -0.315. The first-order valence-corrected chi connectivity index (χ1v) is 8.80. The average Bonchev–Trinajstić information content (AvgIpc) is 2.64. The zero-order chi connectivity index (χ0) is 19.5. The molecule has 2 aromatic carbocycles. The molecule has 3 nitrogen and oxygen atoms in total. The quantitative estimate of drug-likeness (QED) is 0.290. The van der Waals surface area contributed by atoms with E-state index in [1.165, 1.54) is 18.2 Å². The van der Waals surface area contributed by atoms with Gasteiger partial charge in [0.1, 0.15) is 12.1 Å². The van der Waals surface area contributed by atoms with E-state index in [2.05, 4.69) is 5.10 Å². The number of allylic oxidation sites excluding steroid dienone is 2. The molecule has 0 aliphatic heterocycles. The minimum absolute atomic E-state index is 0.315. The number of halogens is 2. The summed E-state index contributed by atoms with van der Waals surface area (Å²) in [6, 6.07) is 13.6. The number of nitrogens with zero attached hydrogens (tertiary/aromatic N) is 2. The standard InChI is InChI=1S/C19H18ClFN2O.C2H6/c1-14(11-12-24)19(16-5-9-18(21)10-6-16)22-23(2)13-15-3-7-17(20)8-4-15;1-2/h3-12H,13H2,1-2H3;1-2H3/b14-11-,22-19+;. The molecule has 0 aliphatic carbocycles. The maximum Gasteiger partial charge on any atom is 0.143 e. The number of hydrogen-bond donors (Lipinski definition) is 0. The van der Waals surface area contributed by atoms with Gasteiger partial charge in [0, 0.05) is 17.6 Å². The third-order valence-electron chi connectivity index (χ3n) is 3.40. The molecular weight excluding hydrogens is 351 g/mol. The number of aldehydes is 1. The second kappa shape index (κ2) is 11.2. The average molecular weight is 375 g/mol. The number of rotatable bonds is 6. The van der Waals surface area contributed by atoms with Gasteiger partial charge >= 0.3 is 0 Å². The lowest BCUT2D eigenvalue weighted by molar-refractivity contribution is -0.104. The molecule has 0 radical (unpaired) electrons. The number of hydrogen-bond acceptors (Lipinski definition) is 3. The van der Waals surface area contributed by atoms with Crippen LogP contribution >= 0.6 is 11.6 Å². The second-order valence-corrected chi connectivity index (χ2v) is 5.82. The topological polar surface area (TPSA) is 32.7 Å². The van der Waals surface area contributed by atoms with Crippen molar-refractivity contribution in [1.29, 1.82) is 0 Å².